The first-order chi connectivity index (χ1) is 18.6. The Labute approximate surface area is 228 Å². The lowest BCUT2D eigenvalue weighted by Gasteiger charge is -2.42. The van der Waals surface area contributed by atoms with Crippen LogP contribution in [0.5, 0.6) is 0 Å². The van der Waals surface area contributed by atoms with Gasteiger partial charge in [0.15, 0.2) is 0 Å². The maximum Gasteiger partial charge on any atom is 0.451 e. The number of hydrogen-bond donors (Lipinski definition) is 0. The Hall–Kier alpha value is -1.76. The highest BCUT2D eigenvalue weighted by Crippen LogP contribution is 2.58. The van der Waals surface area contributed by atoms with Gasteiger partial charge in [0.2, 0.25) is 6.17 Å². The van der Waals surface area contributed by atoms with Gasteiger partial charge < -0.3 is 9.47 Å². The van der Waals surface area contributed by atoms with Crippen molar-refractivity contribution in [3.05, 3.63) is 0 Å². The first kappa shape index (κ1) is 44.4. The Balaban J connectivity index is 0. The van der Waals surface area contributed by atoms with E-state index in [1.165, 1.54) is 0 Å². The average Bonchev–Trinajstić information content (AvgIpc) is 2.71. The summed E-state index contributed by atoms with van der Waals surface area (Å²) in [6, 6.07) is 0. The van der Waals surface area contributed by atoms with Crippen LogP contribution in [0.15, 0.2) is 0 Å². The molecule has 0 N–H and O–H groups in total. The van der Waals surface area contributed by atoms with Crippen LogP contribution in [-0.2, 0) is 9.47 Å². The minimum absolute atomic E-state index is 0.491. The van der Waals surface area contributed by atoms with Crippen molar-refractivity contribution in [3.8, 4) is 0 Å². The third kappa shape index (κ3) is 8.33. The quantitative estimate of drug-likeness (QED) is 0.233. The smallest absolute Gasteiger partial charge is 0.338 e. The number of halogens is 24. The summed E-state index contributed by atoms with van der Waals surface area (Å²) in [7, 11) is 0. The van der Waals surface area contributed by atoms with Gasteiger partial charge in [0.1, 0.15) is 0 Å². The zero-order valence-corrected chi connectivity index (χ0v) is 21.2. The molecular formula is C18H16F24O2. The third-order valence-corrected chi connectivity index (χ3v) is 4.57. The largest absolute Gasteiger partial charge is 0.451 e. The van der Waals surface area contributed by atoms with Gasteiger partial charge >= 0.3 is 60.1 Å². The van der Waals surface area contributed by atoms with E-state index in [4.69, 9.17) is 0 Å². The summed E-state index contributed by atoms with van der Waals surface area (Å²) in [4.78, 5) is 0. The van der Waals surface area contributed by atoms with E-state index in [9.17, 15) is 105 Å². The molecule has 0 aromatic carbocycles. The fourth-order valence-electron chi connectivity index (χ4n) is 2.73. The van der Waals surface area contributed by atoms with Crippen LogP contribution in [0, 0.1) is 0 Å². The normalized spacial score (nSPS) is 19.2. The van der Waals surface area contributed by atoms with Crippen LogP contribution in [0.1, 0.15) is 27.7 Å². The van der Waals surface area contributed by atoms with Gasteiger partial charge in [-0.05, 0) is 27.7 Å². The lowest BCUT2D eigenvalue weighted by Crippen LogP contribution is -2.72. The van der Waals surface area contributed by atoms with E-state index < -0.39 is 84.7 Å². The van der Waals surface area contributed by atoms with Crippen molar-refractivity contribution in [2.24, 2.45) is 0 Å². The van der Waals surface area contributed by atoms with E-state index in [1.54, 1.807) is 0 Å². The predicted octanol–water partition coefficient (Wildman–Crippen LogP) is 9.62. The van der Waals surface area contributed by atoms with Crippen molar-refractivity contribution < 1.29 is 115 Å². The van der Waals surface area contributed by atoms with Gasteiger partial charge in [0, 0.05) is 0 Å². The van der Waals surface area contributed by atoms with Crippen molar-refractivity contribution in [1.29, 1.82) is 0 Å². The molecule has 0 bridgehead atoms. The number of hydrogen-bond acceptors (Lipinski definition) is 2. The average molecular weight is 720 g/mol. The molecule has 0 aromatic heterocycles. The van der Waals surface area contributed by atoms with Crippen molar-refractivity contribution >= 4 is 0 Å². The maximum atomic E-state index is 13.8. The molecule has 26 heteroatoms. The van der Waals surface area contributed by atoms with Crippen molar-refractivity contribution in [1.82, 2.24) is 0 Å². The van der Waals surface area contributed by atoms with Crippen LogP contribution in [0.4, 0.5) is 105 Å². The van der Waals surface area contributed by atoms with Crippen molar-refractivity contribution in [2.75, 3.05) is 0 Å². The predicted molar refractivity (Wildman–Crippen MR) is 93.9 cm³/mol. The Morgan fingerprint density at radius 1 is 0.364 bits per heavy atom. The Morgan fingerprint density at radius 3 is 0.818 bits per heavy atom. The van der Waals surface area contributed by atoms with Crippen LogP contribution in [0.3, 0.4) is 0 Å². The van der Waals surface area contributed by atoms with Gasteiger partial charge in [-0.15, -0.1) is 0 Å². The molecule has 4 unspecified atom stereocenters. The Kier molecular flexibility index (Phi) is 12.9. The van der Waals surface area contributed by atoms with Gasteiger partial charge in [-0.2, -0.15) is 83.4 Å². The molecule has 268 valence electrons. The molecule has 2 nitrogen and oxygen atoms in total. The van der Waals surface area contributed by atoms with Crippen LogP contribution in [-0.4, -0.2) is 84.7 Å². The van der Waals surface area contributed by atoms with E-state index >= 15 is 0 Å². The second-order valence-electron chi connectivity index (χ2n) is 8.75. The standard InChI is InChI=1S/2C9H8F12O/c1-3(2)22-5(11,4(10)6(12,13)14)7(15,8(16,17)18)9(19,20)21;1-3(2)22-6(12,9(19,20)21)4(10)5(11,7(13,14)15)8(16,17)18/h2*3-4H,1-2H3. The van der Waals surface area contributed by atoms with E-state index in [0.717, 1.165) is 0 Å². The zero-order valence-electron chi connectivity index (χ0n) is 21.2. The zero-order chi connectivity index (χ0) is 36.7. The fourth-order valence-corrected chi connectivity index (χ4v) is 2.73. The highest BCUT2D eigenvalue weighted by atomic mass is 19.4. The van der Waals surface area contributed by atoms with Crippen LogP contribution in [0.25, 0.3) is 0 Å². The molecule has 0 aromatic rings. The van der Waals surface area contributed by atoms with Crippen LogP contribution < -0.4 is 0 Å². The lowest BCUT2D eigenvalue weighted by atomic mass is 9.90. The first-order valence-corrected chi connectivity index (χ1v) is 10.4. The summed E-state index contributed by atoms with van der Waals surface area (Å²) in [5.74, 6) is -12.6. The minimum atomic E-state index is -7.27. The molecule has 0 aliphatic carbocycles. The van der Waals surface area contributed by atoms with E-state index in [-0.39, 0.29) is 0 Å². The van der Waals surface area contributed by atoms with Gasteiger partial charge in [0.25, 0.3) is 6.17 Å². The molecule has 0 aliphatic rings. The monoisotopic (exact) mass is 720 g/mol. The first-order valence-electron chi connectivity index (χ1n) is 10.4. The molecule has 0 fully saturated rings. The van der Waals surface area contributed by atoms with E-state index in [2.05, 4.69) is 9.47 Å². The second kappa shape index (κ2) is 12.8. The summed E-state index contributed by atoms with van der Waals surface area (Å²) < 4.78 is 307. The van der Waals surface area contributed by atoms with Gasteiger partial charge in [-0.25, -0.2) is 22.0 Å². The van der Waals surface area contributed by atoms with Gasteiger partial charge in [-0.1, -0.05) is 0 Å². The van der Waals surface area contributed by atoms with Gasteiger partial charge in [-0.3, -0.25) is 0 Å². The fraction of sp³-hybridized carbons (Fsp3) is 1.00. The van der Waals surface area contributed by atoms with Crippen molar-refractivity contribution in [2.45, 2.75) is 112 Å². The highest BCUT2D eigenvalue weighted by Gasteiger charge is 2.88. The van der Waals surface area contributed by atoms with E-state index in [0.29, 0.717) is 27.7 Å². The summed E-state index contributed by atoms with van der Waals surface area (Å²) in [6.07, 6.45) is -57.7. The molecule has 44 heavy (non-hydrogen) atoms. The molecule has 0 amide bonds. The summed E-state index contributed by atoms with van der Waals surface area (Å²) >= 11 is 0. The molecule has 0 saturated carbocycles. The summed E-state index contributed by atoms with van der Waals surface area (Å²) in [5, 5.41) is 0. The SMILES string of the molecule is CC(C)OC(F)(C(F)C(F)(C(F)(F)F)C(F)(F)F)C(F)(F)F.CC(C)OC(F)(C(F)C(F)(F)F)C(F)(C(F)(F)F)C(F)(F)F. The van der Waals surface area contributed by atoms with Crippen molar-refractivity contribution in [3.63, 3.8) is 0 Å². The highest BCUT2D eigenvalue weighted by molar-refractivity contribution is 5.11. The Bertz CT molecular complexity index is 879. The molecule has 0 saturated heterocycles. The topological polar surface area (TPSA) is 18.5 Å². The molecule has 0 radical (unpaired) electrons. The summed E-state index contributed by atoms with van der Waals surface area (Å²) in [5.41, 5.74) is -14.4. The third-order valence-electron chi connectivity index (χ3n) is 4.57. The number of rotatable bonds is 8. The van der Waals surface area contributed by atoms with Crippen LogP contribution >= 0.6 is 0 Å². The van der Waals surface area contributed by atoms with Gasteiger partial charge in [0.05, 0.1) is 12.2 Å². The minimum Gasteiger partial charge on any atom is -0.338 e. The number of ether oxygens (including phenoxy) is 2. The second-order valence-corrected chi connectivity index (χ2v) is 8.75. The molecule has 4 atom stereocenters. The lowest BCUT2D eigenvalue weighted by molar-refractivity contribution is -0.444. The van der Waals surface area contributed by atoms with E-state index in [1.807, 2.05) is 0 Å². The maximum absolute atomic E-state index is 13.8. The number of alkyl halides is 24. The summed E-state index contributed by atoms with van der Waals surface area (Å²) in [6.45, 7) is 2.11. The molecule has 0 aliphatic heterocycles. The molecule has 0 rings (SSSR count). The van der Waals surface area contributed by atoms with Crippen LogP contribution in [0.2, 0.25) is 0 Å². The molecule has 0 spiro atoms. The Morgan fingerprint density at radius 2 is 0.636 bits per heavy atom. The molecule has 0 heterocycles. The molecular weight excluding hydrogens is 704 g/mol.